The highest BCUT2D eigenvalue weighted by molar-refractivity contribution is 7.85. The quantitative estimate of drug-likeness (QED) is 0.364. The van der Waals surface area contributed by atoms with E-state index in [1.807, 2.05) is 0 Å². The highest BCUT2D eigenvalue weighted by Gasteiger charge is 2.51. The number of carbonyl (C=O) groups excluding carboxylic acids is 1. The number of ether oxygens (including phenoxy) is 3. The number of hydrogen-bond acceptors (Lipinski definition) is 9. The van der Waals surface area contributed by atoms with Gasteiger partial charge in [-0.3, -0.25) is 9.00 Å². The molecule has 10 nitrogen and oxygen atoms in total. The lowest BCUT2D eigenvalue weighted by molar-refractivity contribution is -0.339. The zero-order valence-corrected chi connectivity index (χ0v) is 16.4. The minimum Gasteiger partial charge on any atom is -0.471 e. The van der Waals surface area contributed by atoms with Gasteiger partial charge in [0, 0.05) is 34.9 Å². The van der Waals surface area contributed by atoms with Crippen LogP contribution in [0, 0.1) is 11.8 Å². The highest BCUT2D eigenvalue weighted by atomic mass is 32.2. The van der Waals surface area contributed by atoms with Crippen LogP contribution in [0.4, 0.5) is 0 Å². The molecule has 0 aromatic heterocycles. The standard InChI is InChI=1S/C18H25NO9S/c1-2-8-9-5-12-19(3-4-29(12)25)16(24)10(9)7-26-17(8)28-18-15(23)14(22)13(21)11(6-20)27-18/h2,7-9,11-15,17-18,20-23H,1,3-6H2/t8-,9+,11+,12+,13+,14-,15+,17+,18-,29+/m1/s1. The smallest absolute Gasteiger partial charge is 0.254 e. The molecule has 4 aliphatic heterocycles. The molecule has 4 N–H and O–H groups in total. The van der Waals surface area contributed by atoms with Crippen LogP contribution in [0.3, 0.4) is 0 Å². The lowest BCUT2D eigenvalue weighted by Gasteiger charge is -2.45. The van der Waals surface area contributed by atoms with E-state index in [0.29, 0.717) is 24.3 Å². The fraction of sp³-hybridized carbons (Fsp3) is 0.722. The monoisotopic (exact) mass is 431 g/mol. The second-order valence-corrected chi connectivity index (χ2v) is 9.32. The fourth-order valence-corrected chi connectivity index (χ4v) is 5.93. The maximum atomic E-state index is 12.8. The average molecular weight is 431 g/mol. The Balaban J connectivity index is 1.54. The molecule has 11 heteroatoms. The summed E-state index contributed by atoms with van der Waals surface area (Å²) in [6.07, 6.45) is -4.75. The van der Waals surface area contributed by atoms with E-state index in [9.17, 15) is 29.4 Å². The Kier molecular flexibility index (Phi) is 5.81. The molecule has 0 aliphatic carbocycles. The van der Waals surface area contributed by atoms with Crippen LogP contribution in [0.2, 0.25) is 0 Å². The van der Waals surface area contributed by atoms with Crippen molar-refractivity contribution in [2.75, 3.05) is 18.9 Å². The van der Waals surface area contributed by atoms with Gasteiger partial charge in [-0.05, 0) is 6.42 Å². The van der Waals surface area contributed by atoms with Crippen molar-refractivity contribution in [3.63, 3.8) is 0 Å². The zero-order valence-electron chi connectivity index (χ0n) is 15.6. The zero-order chi connectivity index (χ0) is 20.9. The number of hydrogen-bond donors (Lipinski definition) is 4. The second kappa shape index (κ2) is 8.06. The minimum atomic E-state index is -1.58. The number of nitrogens with zero attached hydrogens (tertiary/aromatic N) is 1. The molecule has 4 heterocycles. The molecule has 0 aromatic rings. The molecule has 3 saturated heterocycles. The van der Waals surface area contributed by atoms with Crippen molar-refractivity contribution in [3.8, 4) is 0 Å². The molecule has 0 spiro atoms. The van der Waals surface area contributed by atoms with Crippen molar-refractivity contribution in [2.45, 2.75) is 48.8 Å². The SMILES string of the molecule is C=C[C@H]1[C@H](O[C@H]2O[C@@H](CO)[C@H](O)[C@@H](O)[C@@H]2O)OC=C2C(=O)N3CC[S@](=O)[C@H]3C[C@H]21. The summed E-state index contributed by atoms with van der Waals surface area (Å²) >= 11 is 0. The summed E-state index contributed by atoms with van der Waals surface area (Å²) in [6, 6.07) is 0. The highest BCUT2D eigenvalue weighted by Crippen LogP contribution is 2.43. The van der Waals surface area contributed by atoms with E-state index in [4.69, 9.17) is 14.2 Å². The molecule has 29 heavy (non-hydrogen) atoms. The Hall–Kier alpha value is -1.34. The van der Waals surface area contributed by atoms with Gasteiger partial charge >= 0.3 is 0 Å². The summed E-state index contributed by atoms with van der Waals surface area (Å²) < 4.78 is 29.0. The molecule has 0 saturated carbocycles. The third-order valence-electron chi connectivity index (χ3n) is 6.04. The third kappa shape index (κ3) is 3.44. The Bertz CT molecular complexity index is 728. The van der Waals surface area contributed by atoms with E-state index in [-0.39, 0.29) is 17.2 Å². The van der Waals surface area contributed by atoms with E-state index >= 15 is 0 Å². The van der Waals surface area contributed by atoms with E-state index in [1.165, 1.54) is 6.26 Å². The Labute approximate surface area is 169 Å². The first-order chi connectivity index (χ1) is 13.9. The average Bonchev–Trinajstić information content (AvgIpc) is 3.09. The number of aliphatic hydroxyl groups excluding tert-OH is 4. The molecule has 1 amide bonds. The van der Waals surface area contributed by atoms with Gasteiger partial charge in [0.05, 0.1) is 18.4 Å². The molecule has 0 aromatic carbocycles. The summed E-state index contributed by atoms with van der Waals surface area (Å²) in [6.45, 7) is 3.68. The Morgan fingerprint density at radius 2 is 2.03 bits per heavy atom. The van der Waals surface area contributed by atoms with Crippen molar-refractivity contribution < 1.29 is 43.6 Å². The van der Waals surface area contributed by atoms with Gasteiger partial charge < -0.3 is 39.5 Å². The maximum Gasteiger partial charge on any atom is 0.254 e. The number of fused-ring (bicyclic) bond motifs is 2. The van der Waals surface area contributed by atoms with E-state index in [1.54, 1.807) is 11.0 Å². The minimum absolute atomic E-state index is 0.213. The van der Waals surface area contributed by atoms with Gasteiger partial charge in [-0.15, -0.1) is 6.58 Å². The topological polar surface area (TPSA) is 146 Å². The number of aliphatic hydroxyl groups is 4. The lowest BCUT2D eigenvalue weighted by Crippen LogP contribution is -2.60. The van der Waals surface area contributed by atoms with E-state index in [2.05, 4.69) is 6.58 Å². The van der Waals surface area contributed by atoms with Crippen LogP contribution >= 0.6 is 0 Å². The molecule has 0 bridgehead atoms. The Morgan fingerprint density at radius 3 is 2.72 bits per heavy atom. The normalized spacial score (nSPS) is 47.1. The largest absolute Gasteiger partial charge is 0.471 e. The Morgan fingerprint density at radius 1 is 1.28 bits per heavy atom. The lowest BCUT2D eigenvalue weighted by atomic mass is 9.79. The van der Waals surface area contributed by atoms with Crippen LogP contribution < -0.4 is 0 Å². The van der Waals surface area contributed by atoms with Gasteiger partial charge in [0.25, 0.3) is 5.91 Å². The van der Waals surface area contributed by atoms with Crippen molar-refractivity contribution in [1.82, 2.24) is 4.90 Å². The van der Waals surface area contributed by atoms with Crippen LogP contribution in [0.1, 0.15) is 6.42 Å². The second-order valence-electron chi connectivity index (χ2n) is 7.60. The maximum absolute atomic E-state index is 12.8. The van der Waals surface area contributed by atoms with Gasteiger partial charge in [0.2, 0.25) is 6.29 Å². The van der Waals surface area contributed by atoms with Gasteiger partial charge in [-0.2, -0.15) is 0 Å². The van der Waals surface area contributed by atoms with Crippen LogP contribution in [0.5, 0.6) is 0 Å². The molecule has 3 fully saturated rings. The first-order valence-corrected chi connectivity index (χ1v) is 10.9. The van der Waals surface area contributed by atoms with E-state index < -0.39 is 60.3 Å². The third-order valence-corrected chi connectivity index (χ3v) is 7.68. The predicted octanol–water partition coefficient (Wildman–Crippen LogP) is -2.22. The number of rotatable bonds is 4. The molecule has 0 unspecified atom stereocenters. The van der Waals surface area contributed by atoms with Gasteiger partial charge in [0.15, 0.2) is 6.29 Å². The molecule has 10 atom stereocenters. The van der Waals surface area contributed by atoms with Crippen molar-refractivity contribution >= 4 is 16.7 Å². The summed E-state index contributed by atoms with van der Waals surface area (Å²) in [5, 5.41) is 39.0. The number of amides is 1. The van der Waals surface area contributed by atoms with Gasteiger partial charge in [-0.25, -0.2) is 0 Å². The van der Waals surface area contributed by atoms with Crippen LogP contribution in [0.25, 0.3) is 0 Å². The predicted molar refractivity (Wildman–Crippen MR) is 98.1 cm³/mol. The molecule has 0 radical (unpaired) electrons. The molecule has 4 rings (SSSR count). The summed E-state index contributed by atoms with van der Waals surface area (Å²) in [7, 11) is -1.12. The number of piperidine rings is 1. The summed E-state index contributed by atoms with van der Waals surface area (Å²) in [4.78, 5) is 14.4. The van der Waals surface area contributed by atoms with Crippen LogP contribution in [-0.2, 0) is 29.8 Å². The summed E-state index contributed by atoms with van der Waals surface area (Å²) in [5.41, 5.74) is 0.457. The number of carbonyl (C=O) groups is 1. The van der Waals surface area contributed by atoms with Crippen LogP contribution in [-0.4, -0.2) is 96.7 Å². The van der Waals surface area contributed by atoms with Crippen molar-refractivity contribution in [2.24, 2.45) is 11.8 Å². The molecule has 4 aliphatic rings. The van der Waals surface area contributed by atoms with E-state index in [0.717, 1.165) is 0 Å². The first-order valence-electron chi connectivity index (χ1n) is 9.49. The van der Waals surface area contributed by atoms with Gasteiger partial charge in [-0.1, -0.05) is 6.08 Å². The molecule has 162 valence electrons. The fourth-order valence-electron chi connectivity index (χ4n) is 4.38. The summed E-state index contributed by atoms with van der Waals surface area (Å²) in [5.74, 6) is -0.589. The van der Waals surface area contributed by atoms with Crippen molar-refractivity contribution in [1.29, 1.82) is 0 Å². The molecular formula is C18H25NO9S. The van der Waals surface area contributed by atoms with Gasteiger partial charge in [0.1, 0.15) is 29.8 Å². The first kappa shape index (κ1) is 20.9. The van der Waals surface area contributed by atoms with Crippen LogP contribution in [0.15, 0.2) is 24.5 Å². The van der Waals surface area contributed by atoms with Crippen molar-refractivity contribution in [3.05, 3.63) is 24.5 Å². The molecular weight excluding hydrogens is 406 g/mol.